The van der Waals surface area contributed by atoms with Crippen molar-refractivity contribution in [1.29, 1.82) is 0 Å². The van der Waals surface area contributed by atoms with Crippen LogP contribution in [0.3, 0.4) is 0 Å². The lowest BCUT2D eigenvalue weighted by molar-refractivity contribution is 0.0445. The molecule has 1 aromatic rings. The summed E-state index contributed by atoms with van der Waals surface area (Å²) < 4.78 is 0. The normalized spacial score (nSPS) is 18.1. The highest BCUT2D eigenvalue weighted by Gasteiger charge is 2.32. The van der Waals surface area contributed by atoms with E-state index in [1.54, 1.807) is 0 Å². The van der Waals surface area contributed by atoms with E-state index in [0.717, 1.165) is 31.2 Å². The monoisotopic (exact) mass is 206 g/mol. The fourth-order valence-corrected chi connectivity index (χ4v) is 2.11. The molecule has 1 saturated carbocycles. The molecule has 1 heteroatoms. The van der Waals surface area contributed by atoms with Crippen LogP contribution in [0.2, 0.25) is 0 Å². The van der Waals surface area contributed by atoms with E-state index in [0.29, 0.717) is 0 Å². The number of rotatable bonds is 1. The predicted molar refractivity (Wildman–Crippen MR) is 64.9 cm³/mol. The quantitative estimate of drug-likeness (QED) is 0.741. The van der Waals surface area contributed by atoms with Crippen molar-refractivity contribution in [3.05, 3.63) is 35.4 Å². The predicted octanol–water partition coefficient (Wildman–Crippen LogP) is 3.78. The van der Waals surface area contributed by atoms with E-state index in [9.17, 15) is 5.11 Å². The lowest BCUT2D eigenvalue weighted by atomic mass is 9.92. The van der Waals surface area contributed by atoms with Gasteiger partial charge in [0.15, 0.2) is 0 Å². The third kappa shape index (κ3) is 2.82. The molecule has 15 heavy (non-hydrogen) atoms. The average molecular weight is 206 g/mol. The Balaban J connectivity index is 0.000000531. The van der Waals surface area contributed by atoms with Gasteiger partial charge in [-0.1, -0.05) is 56.5 Å². The summed E-state index contributed by atoms with van der Waals surface area (Å²) >= 11 is 0. The van der Waals surface area contributed by atoms with E-state index < -0.39 is 5.60 Å². The van der Waals surface area contributed by atoms with Crippen molar-refractivity contribution in [1.82, 2.24) is 0 Å². The van der Waals surface area contributed by atoms with E-state index >= 15 is 0 Å². The molecule has 0 aromatic heterocycles. The maximum absolute atomic E-state index is 10.3. The molecule has 84 valence electrons. The molecule has 0 atom stereocenters. The zero-order valence-corrected chi connectivity index (χ0v) is 10.1. The van der Waals surface area contributed by atoms with Gasteiger partial charge in [-0.2, -0.15) is 0 Å². The Hall–Kier alpha value is -0.820. The summed E-state index contributed by atoms with van der Waals surface area (Å²) in [6.07, 6.45) is 4.17. The van der Waals surface area contributed by atoms with Crippen LogP contribution in [0.4, 0.5) is 0 Å². The molecule has 0 amide bonds. The van der Waals surface area contributed by atoms with Crippen LogP contribution in [0.5, 0.6) is 0 Å². The highest BCUT2D eigenvalue weighted by molar-refractivity contribution is 5.27. The van der Waals surface area contributed by atoms with E-state index in [1.807, 2.05) is 13.8 Å². The van der Waals surface area contributed by atoms with Gasteiger partial charge in [0.25, 0.3) is 0 Å². The molecule has 1 aliphatic rings. The Morgan fingerprint density at radius 2 is 1.47 bits per heavy atom. The van der Waals surface area contributed by atoms with Crippen molar-refractivity contribution in [3.8, 4) is 0 Å². The van der Waals surface area contributed by atoms with Crippen LogP contribution in [0.1, 0.15) is 50.7 Å². The minimum atomic E-state index is -0.520. The van der Waals surface area contributed by atoms with Gasteiger partial charge in [-0.15, -0.1) is 0 Å². The maximum Gasteiger partial charge on any atom is 0.0896 e. The zero-order valence-electron chi connectivity index (χ0n) is 10.1. The van der Waals surface area contributed by atoms with Gasteiger partial charge in [-0.25, -0.2) is 0 Å². The van der Waals surface area contributed by atoms with Crippen LogP contribution in [-0.2, 0) is 5.60 Å². The maximum atomic E-state index is 10.3. The van der Waals surface area contributed by atoms with Crippen LogP contribution in [0, 0.1) is 6.92 Å². The second-order valence-corrected chi connectivity index (χ2v) is 4.10. The van der Waals surface area contributed by atoms with Gasteiger partial charge in [0.1, 0.15) is 0 Å². The Bertz CT molecular complexity index is 281. The molecule has 0 radical (unpaired) electrons. The minimum Gasteiger partial charge on any atom is -0.385 e. The van der Waals surface area contributed by atoms with Crippen LogP contribution in [0.25, 0.3) is 0 Å². The van der Waals surface area contributed by atoms with Gasteiger partial charge in [0, 0.05) is 0 Å². The number of hydrogen-bond acceptors (Lipinski definition) is 1. The van der Waals surface area contributed by atoms with Crippen molar-refractivity contribution < 1.29 is 5.11 Å². The molecular weight excluding hydrogens is 184 g/mol. The summed E-state index contributed by atoms with van der Waals surface area (Å²) in [5, 5.41) is 10.3. The van der Waals surface area contributed by atoms with Crippen molar-refractivity contribution in [2.45, 2.75) is 52.1 Å². The fraction of sp³-hybridized carbons (Fsp3) is 0.571. The SMILES string of the molecule is CC.Cc1ccc(C2(O)CCCC2)cc1. The van der Waals surface area contributed by atoms with Crippen molar-refractivity contribution in [2.75, 3.05) is 0 Å². The molecule has 1 nitrogen and oxygen atoms in total. The second kappa shape index (κ2) is 5.32. The van der Waals surface area contributed by atoms with Gasteiger partial charge < -0.3 is 5.11 Å². The number of hydrogen-bond donors (Lipinski definition) is 1. The van der Waals surface area contributed by atoms with Crippen LogP contribution < -0.4 is 0 Å². The molecule has 0 unspecified atom stereocenters. The Kier molecular flexibility index (Phi) is 4.34. The van der Waals surface area contributed by atoms with Crippen molar-refractivity contribution in [3.63, 3.8) is 0 Å². The summed E-state index contributed by atoms with van der Waals surface area (Å²) in [5.41, 5.74) is 1.83. The molecule has 0 aliphatic heterocycles. The van der Waals surface area contributed by atoms with E-state index in [2.05, 4.69) is 31.2 Å². The van der Waals surface area contributed by atoms with Crippen LogP contribution in [0.15, 0.2) is 24.3 Å². The topological polar surface area (TPSA) is 20.2 Å². The molecule has 2 rings (SSSR count). The Labute approximate surface area is 93.1 Å². The van der Waals surface area contributed by atoms with Crippen LogP contribution >= 0.6 is 0 Å². The summed E-state index contributed by atoms with van der Waals surface area (Å²) in [4.78, 5) is 0. The molecule has 1 aromatic carbocycles. The minimum absolute atomic E-state index is 0.520. The number of benzene rings is 1. The lowest BCUT2D eigenvalue weighted by Gasteiger charge is -2.22. The molecule has 0 spiro atoms. The molecule has 1 aliphatic carbocycles. The molecule has 0 heterocycles. The van der Waals surface area contributed by atoms with Crippen LogP contribution in [-0.4, -0.2) is 5.11 Å². The first-order chi connectivity index (χ1) is 7.21. The third-order valence-electron chi connectivity index (χ3n) is 3.02. The average Bonchev–Trinajstić information content (AvgIpc) is 2.70. The zero-order chi connectivity index (χ0) is 11.3. The van der Waals surface area contributed by atoms with Gasteiger partial charge in [-0.3, -0.25) is 0 Å². The fourth-order valence-electron chi connectivity index (χ4n) is 2.11. The highest BCUT2D eigenvalue weighted by atomic mass is 16.3. The third-order valence-corrected chi connectivity index (χ3v) is 3.02. The van der Waals surface area contributed by atoms with E-state index in [-0.39, 0.29) is 0 Å². The van der Waals surface area contributed by atoms with Gasteiger partial charge >= 0.3 is 0 Å². The summed E-state index contributed by atoms with van der Waals surface area (Å²) in [6, 6.07) is 8.26. The summed E-state index contributed by atoms with van der Waals surface area (Å²) in [5.74, 6) is 0. The van der Waals surface area contributed by atoms with Crippen molar-refractivity contribution in [2.24, 2.45) is 0 Å². The Morgan fingerprint density at radius 3 is 1.93 bits per heavy atom. The van der Waals surface area contributed by atoms with E-state index in [4.69, 9.17) is 0 Å². The van der Waals surface area contributed by atoms with Crippen molar-refractivity contribution >= 4 is 0 Å². The molecule has 1 fully saturated rings. The summed E-state index contributed by atoms with van der Waals surface area (Å²) in [7, 11) is 0. The molecular formula is C14H22O. The first-order valence-electron chi connectivity index (χ1n) is 6.00. The molecule has 1 N–H and O–H groups in total. The summed E-state index contributed by atoms with van der Waals surface area (Å²) in [6.45, 7) is 6.07. The number of aliphatic hydroxyl groups is 1. The van der Waals surface area contributed by atoms with E-state index in [1.165, 1.54) is 5.56 Å². The number of aryl methyl sites for hydroxylation is 1. The molecule has 0 saturated heterocycles. The smallest absolute Gasteiger partial charge is 0.0896 e. The largest absolute Gasteiger partial charge is 0.385 e. The standard InChI is InChI=1S/C12H16O.C2H6/c1-10-4-6-11(7-5-10)12(13)8-2-3-9-12;1-2/h4-7,13H,2-3,8-9H2,1H3;1-2H3. The van der Waals surface area contributed by atoms with Gasteiger partial charge in [-0.05, 0) is 25.3 Å². The first-order valence-corrected chi connectivity index (χ1v) is 6.00. The Morgan fingerprint density at radius 1 is 1.00 bits per heavy atom. The van der Waals surface area contributed by atoms with Gasteiger partial charge in [0.05, 0.1) is 5.60 Å². The first kappa shape index (κ1) is 12.3. The highest BCUT2D eigenvalue weighted by Crippen LogP contribution is 2.38. The van der Waals surface area contributed by atoms with Gasteiger partial charge in [0.2, 0.25) is 0 Å². The second-order valence-electron chi connectivity index (χ2n) is 4.10. The molecule has 0 bridgehead atoms. The lowest BCUT2D eigenvalue weighted by Crippen LogP contribution is -2.20.